The number of rotatable bonds is 7. The van der Waals surface area contributed by atoms with Gasteiger partial charge in [0.1, 0.15) is 0 Å². The molecule has 0 radical (unpaired) electrons. The molecule has 0 saturated carbocycles. The van der Waals surface area contributed by atoms with Crippen LogP contribution in [0.5, 0.6) is 0 Å². The third kappa shape index (κ3) is 5.51. The Bertz CT molecular complexity index is 993. The molecule has 174 valence electrons. The molecule has 3 atom stereocenters. The Balaban J connectivity index is 1.32. The molecule has 2 aromatic rings. The van der Waals surface area contributed by atoms with E-state index in [-0.39, 0.29) is 35.8 Å². The van der Waals surface area contributed by atoms with Crippen LogP contribution in [0.15, 0.2) is 54.6 Å². The van der Waals surface area contributed by atoms with E-state index >= 15 is 0 Å². The van der Waals surface area contributed by atoms with Gasteiger partial charge in [-0.15, -0.1) is 0 Å². The maximum absolute atomic E-state index is 12.7. The molecule has 0 aromatic heterocycles. The molecule has 4 rings (SSSR count). The van der Waals surface area contributed by atoms with Gasteiger partial charge < -0.3 is 20.9 Å². The summed E-state index contributed by atoms with van der Waals surface area (Å²) in [7, 11) is 3.91. The van der Waals surface area contributed by atoms with Gasteiger partial charge in [-0.3, -0.25) is 19.3 Å². The molecule has 8 heteroatoms. The van der Waals surface area contributed by atoms with E-state index in [1.807, 2.05) is 73.6 Å². The third-order valence-corrected chi connectivity index (χ3v) is 6.37. The summed E-state index contributed by atoms with van der Waals surface area (Å²) in [4.78, 5) is 41.7. The lowest BCUT2D eigenvalue weighted by molar-refractivity contribution is -0.129. The van der Waals surface area contributed by atoms with E-state index in [4.69, 9.17) is 0 Å². The van der Waals surface area contributed by atoms with Crippen LogP contribution >= 0.6 is 0 Å². The lowest BCUT2D eigenvalue weighted by atomic mass is 10.0. The fourth-order valence-electron chi connectivity index (χ4n) is 4.57. The number of benzene rings is 2. The highest BCUT2D eigenvalue weighted by atomic mass is 16.2. The number of carbonyl (C=O) groups is 3. The molecular formula is C25H31N5O3. The first-order valence-corrected chi connectivity index (χ1v) is 11.4. The zero-order valence-corrected chi connectivity index (χ0v) is 19.1. The van der Waals surface area contributed by atoms with E-state index in [0.717, 1.165) is 11.4 Å². The lowest BCUT2D eigenvalue weighted by Gasteiger charge is -2.37. The van der Waals surface area contributed by atoms with Crippen molar-refractivity contribution in [1.82, 2.24) is 15.5 Å². The average molecular weight is 450 g/mol. The van der Waals surface area contributed by atoms with Crippen molar-refractivity contribution in [3.63, 3.8) is 0 Å². The second-order valence-electron chi connectivity index (χ2n) is 8.91. The van der Waals surface area contributed by atoms with Gasteiger partial charge in [0.2, 0.25) is 11.8 Å². The molecule has 0 bridgehead atoms. The van der Waals surface area contributed by atoms with Crippen LogP contribution in [0.4, 0.5) is 11.4 Å². The Morgan fingerprint density at radius 1 is 1.09 bits per heavy atom. The smallest absolute Gasteiger partial charge is 0.251 e. The minimum absolute atomic E-state index is 0.00734. The van der Waals surface area contributed by atoms with Crippen molar-refractivity contribution in [2.24, 2.45) is 0 Å². The van der Waals surface area contributed by atoms with Crippen LogP contribution in [0.2, 0.25) is 0 Å². The summed E-state index contributed by atoms with van der Waals surface area (Å²) in [5, 5.41) is 8.96. The monoisotopic (exact) mass is 449 g/mol. The summed E-state index contributed by atoms with van der Waals surface area (Å²) in [6.45, 7) is 1.12. The molecular weight excluding hydrogens is 418 g/mol. The van der Waals surface area contributed by atoms with Crippen molar-refractivity contribution in [3.8, 4) is 0 Å². The van der Waals surface area contributed by atoms with Crippen LogP contribution < -0.4 is 20.9 Å². The largest absolute Gasteiger partial charge is 0.378 e. The molecule has 2 aromatic carbocycles. The summed E-state index contributed by atoms with van der Waals surface area (Å²) in [6, 6.07) is 16.5. The van der Waals surface area contributed by atoms with Gasteiger partial charge in [-0.25, -0.2) is 0 Å². The predicted molar refractivity (Wildman–Crippen MR) is 128 cm³/mol. The Hall–Kier alpha value is -3.39. The summed E-state index contributed by atoms with van der Waals surface area (Å²) in [5.74, 6) is -0.184. The maximum Gasteiger partial charge on any atom is 0.251 e. The highest BCUT2D eigenvalue weighted by molar-refractivity contribution is 5.95. The Kier molecular flexibility index (Phi) is 6.93. The van der Waals surface area contributed by atoms with Gasteiger partial charge in [0.05, 0.1) is 6.04 Å². The summed E-state index contributed by atoms with van der Waals surface area (Å²) >= 11 is 0. The molecule has 3 N–H and O–H groups in total. The predicted octanol–water partition coefficient (Wildman–Crippen LogP) is 1.84. The number of hydrogen-bond donors (Lipinski definition) is 3. The van der Waals surface area contributed by atoms with Gasteiger partial charge in [0.15, 0.2) is 0 Å². The molecule has 2 aliphatic heterocycles. The van der Waals surface area contributed by atoms with Gasteiger partial charge in [-0.1, -0.05) is 18.2 Å². The summed E-state index contributed by atoms with van der Waals surface area (Å²) in [5.41, 5.74) is 2.41. The molecule has 3 amide bonds. The van der Waals surface area contributed by atoms with Crippen LogP contribution in [-0.2, 0) is 9.59 Å². The number of para-hydroxylation sites is 1. The molecule has 2 fully saturated rings. The first kappa shape index (κ1) is 22.8. The highest BCUT2D eigenvalue weighted by Gasteiger charge is 2.43. The standard InChI is InChI=1S/C25H31N5O3/c1-29(2)20-10-8-17(9-11-20)24(32)28-19-14-22-25(33)26-15-21(30(22)16-19)12-13-23(31)27-18-6-4-3-5-7-18/h3-11,19,21-22H,12-16H2,1-2H3,(H,26,33)(H,27,31)(H,28,32)/t19-,21-,22+/m1/s1. The highest BCUT2D eigenvalue weighted by Crippen LogP contribution is 2.26. The number of nitrogens with zero attached hydrogens (tertiary/aromatic N) is 2. The van der Waals surface area contributed by atoms with E-state index < -0.39 is 0 Å². The first-order valence-electron chi connectivity index (χ1n) is 11.4. The zero-order valence-electron chi connectivity index (χ0n) is 19.1. The SMILES string of the molecule is CN(C)c1ccc(C(=O)N[C@@H]2C[C@H]3C(=O)NC[C@@H](CCC(=O)Nc4ccccc4)N3C2)cc1. The van der Waals surface area contributed by atoms with Crippen LogP contribution in [0, 0.1) is 0 Å². The topological polar surface area (TPSA) is 93.8 Å². The van der Waals surface area contributed by atoms with Gasteiger partial charge in [0, 0.05) is 62.6 Å². The zero-order chi connectivity index (χ0) is 23.4. The van der Waals surface area contributed by atoms with Crippen LogP contribution in [-0.4, -0.2) is 67.9 Å². The van der Waals surface area contributed by atoms with Gasteiger partial charge in [-0.2, -0.15) is 0 Å². The number of piperazine rings is 1. The second-order valence-corrected chi connectivity index (χ2v) is 8.91. The number of carbonyl (C=O) groups excluding carboxylic acids is 3. The van der Waals surface area contributed by atoms with Gasteiger partial charge in [-0.05, 0) is 49.2 Å². The molecule has 8 nitrogen and oxygen atoms in total. The number of anilines is 2. The van der Waals surface area contributed by atoms with E-state index in [1.165, 1.54) is 0 Å². The molecule has 0 unspecified atom stereocenters. The van der Waals surface area contributed by atoms with Crippen molar-refractivity contribution in [1.29, 1.82) is 0 Å². The molecule has 33 heavy (non-hydrogen) atoms. The Morgan fingerprint density at radius 3 is 2.52 bits per heavy atom. The molecule has 2 heterocycles. The summed E-state index contributed by atoms with van der Waals surface area (Å²) < 4.78 is 0. The average Bonchev–Trinajstić information content (AvgIpc) is 3.24. The van der Waals surface area contributed by atoms with E-state index in [2.05, 4.69) is 20.9 Å². The quantitative estimate of drug-likeness (QED) is 0.600. The third-order valence-electron chi connectivity index (χ3n) is 6.37. The van der Waals surface area contributed by atoms with Crippen LogP contribution in [0.25, 0.3) is 0 Å². The second kappa shape index (κ2) is 10.0. The van der Waals surface area contributed by atoms with Crippen molar-refractivity contribution in [2.75, 3.05) is 37.4 Å². The fraction of sp³-hybridized carbons (Fsp3) is 0.400. The van der Waals surface area contributed by atoms with Crippen molar-refractivity contribution in [3.05, 3.63) is 60.2 Å². The van der Waals surface area contributed by atoms with Gasteiger partial charge >= 0.3 is 0 Å². The Morgan fingerprint density at radius 2 is 1.82 bits per heavy atom. The minimum atomic E-state index is -0.276. The number of hydrogen-bond acceptors (Lipinski definition) is 5. The van der Waals surface area contributed by atoms with E-state index in [1.54, 1.807) is 0 Å². The molecule has 2 saturated heterocycles. The van der Waals surface area contributed by atoms with Crippen LogP contribution in [0.1, 0.15) is 29.6 Å². The van der Waals surface area contributed by atoms with E-state index in [0.29, 0.717) is 37.9 Å². The van der Waals surface area contributed by atoms with Gasteiger partial charge in [0.25, 0.3) is 5.91 Å². The number of fused-ring (bicyclic) bond motifs is 1. The van der Waals surface area contributed by atoms with Crippen molar-refractivity contribution >= 4 is 29.1 Å². The minimum Gasteiger partial charge on any atom is -0.378 e. The lowest BCUT2D eigenvalue weighted by Crippen LogP contribution is -2.57. The first-order chi connectivity index (χ1) is 15.9. The maximum atomic E-state index is 12.7. The molecule has 2 aliphatic rings. The molecule has 0 spiro atoms. The Labute approximate surface area is 194 Å². The number of nitrogens with one attached hydrogen (secondary N) is 3. The van der Waals surface area contributed by atoms with E-state index in [9.17, 15) is 14.4 Å². The summed E-state index contributed by atoms with van der Waals surface area (Å²) in [6.07, 6.45) is 1.58. The van der Waals surface area contributed by atoms with Crippen molar-refractivity contribution < 1.29 is 14.4 Å². The van der Waals surface area contributed by atoms with Crippen molar-refractivity contribution in [2.45, 2.75) is 37.4 Å². The normalized spacial score (nSPS) is 22.2. The molecule has 0 aliphatic carbocycles. The number of amides is 3. The fourth-order valence-corrected chi connectivity index (χ4v) is 4.57. The van der Waals surface area contributed by atoms with Crippen LogP contribution in [0.3, 0.4) is 0 Å².